The van der Waals surface area contributed by atoms with Gasteiger partial charge in [0.25, 0.3) is 0 Å². The lowest BCUT2D eigenvalue weighted by Gasteiger charge is -2.28. The number of rotatable bonds is 2. The largest absolute Gasteiger partial charge is 0.480 e. The van der Waals surface area contributed by atoms with E-state index in [4.69, 9.17) is 9.84 Å². The predicted octanol–water partition coefficient (Wildman–Crippen LogP) is -1.53. The van der Waals surface area contributed by atoms with Crippen molar-refractivity contribution in [2.24, 2.45) is 0 Å². The summed E-state index contributed by atoms with van der Waals surface area (Å²) in [6.45, 7) is 2.50. The van der Waals surface area contributed by atoms with Crippen molar-refractivity contribution in [3.8, 4) is 0 Å². The number of ether oxygens (including phenoxy) is 1. The first-order valence-electron chi connectivity index (χ1n) is 7.65. The van der Waals surface area contributed by atoms with E-state index in [9.17, 15) is 19.2 Å². The van der Waals surface area contributed by atoms with Gasteiger partial charge in [-0.25, -0.2) is 4.79 Å². The standard InChI is InChI=1S/C9H14N2O3.C5H7NO3/c12-8-2-1-7(10-8)9(13)11-3-5-14-6-4-11;7-4-2-1-3(6-4)5(8)9/h7H,1-6H2,(H,10,12);3H,1-2H2,(H,6,7)(H,8,9)/t7-;3-/m00/s1. The van der Waals surface area contributed by atoms with Crippen molar-refractivity contribution in [2.45, 2.75) is 37.8 Å². The molecule has 0 saturated carbocycles. The molecule has 0 radical (unpaired) electrons. The Kier molecular flexibility index (Phi) is 5.91. The second kappa shape index (κ2) is 7.91. The molecule has 0 aromatic carbocycles. The molecule has 0 spiro atoms. The van der Waals surface area contributed by atoms with Crippen LogP contribution in [0, 0.1) is 0 Å². The van der Waals surface area contributed by atoms with Crippen LogP contribution in [0.15, 0.2) is 0 Å². The van der Waals surface area contributed by atoms with E-state index in [0.29, 0.717) is 52.0 Å². The number of amides is 3. The Morgan fingerprint density at radius 3 is 1.91 bits per heavy atom. The molecule has 9 nitrogen and oxygen atoms in total. The highest BCUT2D eigenvalue weighted by Crippen LogP contribution is 2.10. The van der Waals surface area contributed by atoms with E-state index in [0.717, 1.165) is 0 Å². The van der Waals surface area contributed by atoms with Crippen LogP contribution < -0.4 is 10.6 Å². The van der Waals surface area contributed by atoms with Gasteiger partial charge in [-0.1, -0.05) is 0 Å². The van der Waals surface area contributed by atoms with Crippen LogP contribution in [0.4, 0.5) is 0 Å². The molecule has 0 aliphatic carbocycles. The molecule has 0 unspecified atom stereocenters. The van der Waals surface area contributed by atoms with Gasteiger partial charge < -0.3 is 25.4 Å². The molecule has 3 fully saturated rings. The van der Waals surface area contributed by atoms with Crippen LogP contribution in [0.1, 0.15) is 25.7 Å². The van der Waals surface area contributed by atoms with Crippen molar-refractivity contribution < 1.29 is 29.0 Å². The Hall–Kier alpha value is -2.16. The van der Waals surface area contributed by atoms with Gasteiger partial charge in [0.15, 0.2) is 0 Å². The van der Waals surface area contributed by atoms with Crippen LogP contribution in [0.25, 0.3) is 0 Å². The van der Waals surface area contributed by atoms with Crippen molar-refractivity contribution >= 4 is 23.7 Å². The van der Waals surface area contributed by atoms with Gasteiger partial charge in [-0.2, -0.15) is 0 Å². The fraction of sp³-hybridized carbons (Fsp3) is 0.714. The summed E-state index contributed by atoms with van der Waals surface area (Å²) in [5, 5.41) is 13.3. The average molecular weight is 327 g/mol. The van der Waals surface area contributed by atoms with Crippen molar-refractivity contribution in [2.75, 3.05) is 26.3 Å². The summed E-state index contributed by atoms with van der Waals surface area (Å²) in [6.07, 6.45) is 1.88. The molecular formula is C14H21N3O6. The minimum Gasteiger partial charge on any atom is -0.480 e. The lowest BCUT2D eigenvalue weighted by Crippen LogP contribution is -2.48. The Morgan fingerprint density at radius 2 is 1.52 bits per heavy atom. The molecule has 23 heavy (non-hydrogen) atoms. The molecule has 3 rings (SSSR count). The summed E-state index contributed by atoms with van der Waals surface area (Å²) >= 11 is 0. The van der Waals surface area contributed by atoms with Gasteiger partial charge >= 0.3 is 5.97 Å². The third kappa shape index (κ3) is 4.92. The van der Waals surface area contributed by atoms with Crippen molar-refractivity contribution in [3.63, 3.8) is 0 Å². The van der Waals surface area contributed by atoms with Gasteiger partial charge in [-0.15, -0.1) is 0 Å². The highest BCUT2D eigenvalue weighted by atomic mass is 16.5. The summed E-state index contributed by atoms with van der Waals surface area (Å²) in [5.41, 5.74) is 0. The quantitative estimate of drug-likeness (QED) is 0.565. The number of hydrogen-bond donors (Lipinski definition) is 3. The van der Waals surface area contributed by atoms with E-state index < -0.39 is 12.0 Å². The summed E-state index contributed by atoms with van der Waals surface area (Å²) in [7, 11) is 0. The zero-order valence-electron chi connectivity index (χ0n) is 12.7. The Balaban J connectivity index is 0.000000185. The molecule has 3 aliphatic heterocycles. The number of carboxylic acid groups (broad SMARTS) is 1. The predicted molar refractivity (Wildman–Crippen MR) is 77.4 cm³/mol. The number of carbonyl (C=O) groups excluding carboxylic acids is 3. The van der Waals surface area contributed by atoms with Gasteiger partial charge in [0, 0.05) is 25.9 Å². The van der Waals surface area contributed by atoms with Crippen LogP contribution >= 0.6 is 0 Å². The monoisotopic (exact) mass is 327 g/mol. The fourth-order valence-electron chi connectivity index (χ4n) is 2.60. The topological polar surface area (TPSA) is 125 Å². The lowest BCUT2D eigenvalue weighted by molar-refractivity contribution is -0.140. The van der Waals surface area contributed by atoms with E-state index >= 15 is 0 Å². The molecular weight excluding hydrogens is 306 g/mol. The van der Waals surface area contributed by atoms with E-state index in [1.165, 1.54) is 0 Å². The summed E-state index contributed by atoms with van der Waals surface area (Å²) in [4.78, 5) is 45.0. The first kappa shape index (κ1) is 17.2. The van der Waals surface area contributed by atoms with Crippen molar-refractivity contribution in [1.29, 1.82) is 0 Å². The van der Waals surface area contributed by atoms with E-state index in [1.54, 1.807) is 4.90 Å². The van der Waals surface area contributed by atoms with Crippen LogP contribution in [-0.4, -0.2) is 72.1 Å². The van der Waals surface area contributed by atoms with Crippen LogP contribution in [0.3, 0.4) is 0 Å². The van der Waals surface area contributed by atoms with Crippen LogP contribution in [0.5, 0.6) is 0 Å². The second-order valence-electron chi connectivity index (χ2n) is 5.59. The number of nitrogens with zero attached hydrogens (tertiary/aromatic N) is 1. The van der Waals surface area contributed by atoms with Gasteiger partial charge in [0.2, 0.25) is 17.7 Å². The SMILES string of the molecule is O=C1CC[C@@H](C(=O)N2CCOCC2)N1.O=C1CC[C@@H](C(=O)O)N1. The maximum Gasteiger partial charge on any atom is 0.326 e. The van der Waals surface area contributed by atoms with E-state index in [2.05, 4.69) is 10.6 Å². The number of aliphatic carboxylic acids is 1. The highest BCUT2D eigenvalue weighted by Gasteiger charge is 2.31. The Morgan fingerprint density at radius 1 is 1.00 bits per heavy atom. The first-order valence-corrected chi connectivity index (χ1v) is 7.65. The normalized spacial score (nSPS) is 26.9. The minimum atomic E-state index is -0.944. The number of carboxylic acids is 1. The molecule has 0 bridgehead atoms. The second-order valence-corrected chi connectivity index (χ2v) is 5.59. The average Bonchev–Trinajstić information content (AvgIpc) is 3.17. The van der Waals surface area contributed by atoms with Crippen LogP contribution in [0.2, 0.25) is 0 Å². The Labute approximate surface area is 133 Å². The first-order chi connectivity index (χ1) is 11.0. The van der Waals surface area contributed by atoms with Gasteiger partial charge in [-0.3, -0.25) is 14.4 Å². The summed E-state index contributed by atoms with van der Waals surface area (Å²) < 4.78 is 5.15. The molecule has 3 aliphatic rings. The third-order valence-electron chi connectivity index (χ3n) is 3.91. The number of carbonyl (C=O) groups is 4. The van der Waals surface area contributed by atoms with Gasteiger partial charge in [-0.05, 0) is 12.8 Å². The Bertz CT molecular complexity index is 489. The van der Waals surface area contributed by atoms with Gasteiger partial charge in [0.05, 0.1) is 13.2 Å². The van der Waals surface area contributed by atoms with Crippen molar-refractivity contribution in [1.82, 2.24) is 15.5 Å². The number of hydrogen-bond acceptors (Lipinski definition) is 5. The molecule has 0 aromatic rings. The van der Waals surface area contributed by atoms with Gasteiger partial charge in [0.1, 0.15) is 12.1 Å². The molecule has 2 atom stereocenters. The smallest absolute Gasteiger partial charge is 0.326 e. The third-order valence-corrected chi connectivity index (χ3v) is 3.91. The molecule has 9 heteroatoms. The summed E-state index contributed by atoms with van der Waals surface area (Å²) in [6, 6.07) is -0.932. The molecule has 3 amide bonds. The van der Waals surface area contributed by atoms with Crippen LogP contribution in [-0.2, 0) is 23.9 Å². The lowest BCUT2D eigenvalue weighted by atomic mass is 10.2. The fourth-order valence-corrected chi connectivity index (χ4v) is 2.60. The molecule has 3 N–H and O–H groups in total. The molecule has 128 valence electrons. The number of morpholine rings is 1. The molecule has 3 saturated heterocycles. The highest BCUT2D eigenvalue weighted by molar-refractivity contribution is 5.90. The molecule has 3 heterocycles. The van der Waals surface area contributed by atoms with E-state index in [-0.39, 0.29) is 23.8 Å². The number of nitrogens with one attached hydrogen (secondary N) is 2. The maximum atomic E-state index is 11.8. The minimum absolute atomic E-state index is 0.0170. The zero-order valence-corrected chi connectivity index (χ0v) is 12.7. The zero-order chi connectivity index (χ0) is 16.8. The summed E-state index contributed by atoms with van der Waals surface area (Å²) in [5.74, 6) is -1.08. The van der Waals surface area contributed by atoms with Crippen molar-refractivity contribution in [3.05, 3.63) is 0 Å². The maximum absolute atomic E-state index is 11.8. The van der Waals surface area contributed by atoms with E-state index in [1.807, 2.05) is 0 Å². The molecule has 0 aromatic heterocycles.